The summed E-state index contributed by atoms with van der Waals surface area (Å²) in [5, 5.41) is 10.6. The Morgan fingerprint density at radius 3 is 3.07 bits per heavy atom. The zero-order valence-electron chi connectivity index (χ0n) is 7.86. The molecule has 3 nitrogen and oxygen atoms in total. The highest BCUT2D eigenvalue weighted by molar-refractivity contribution is 7.15. The number of hydrogen-bond acceptors (Lipinski definition) is 2. The van der Waals surface area contributed by atoms with Gasteiger partial charge in [0.05, 0.1) is 4.83 Å². The van der Waals surface area contributed by atoms with Crippen LogP contribution in [-0.2, 0) is 11.2 Å². The SMILES string of the molecule is Cc1csc2cc(CCC(=O)O)cn12. The summed E-state index contributed by atoms with van der Waals surface area (Å²) in [5.74, 6) is -0.740. The standard InChI is InChI=1S/C10H11NO2S/c1-7-6-14-9-4-8(5-11(7)9)2-3-10(12)13/h4-6H,2-3H2,1H3,(H,12,13). The zero-order chi connectivity index (χ0) is 10.1. The van der Waals surface area contributed by atoms with Crippen molar-refractivity contribution in [3.63, 3.8) is 0 Å². The van der Waals surface area contributed by atoms with E-state index in [0.717, 1.165) is 5.56 Å². The Bertz CT molecular complexity index is 469. The van der Waals surface area contributed by atoms with Gasteiger partial charge in [0.15, 0.2) is 0 Å². The first-order chi connectivity index (χ1) is 6.66. The molecule has 0 radical (unpaired) electrons. The van der Waals surface area contributed by atoms with Crippen molar-refractivity contribution in [2.24, 2.45) is 0 Å². The quantitative estimate of drug-likeness (QED) is 0.843. The molecule has 1 N–H and O–H groups in total. The fraction of sp³-hybridized carbons (Fsp3) is 0.300. The fourth-order valence-electron chi connectivity index (χ4n) is 1.45. The monoisotopic (exact) mass is 209 g/mol. The molecule has 14 heavy (non-hydrogen) atoms. The second kappa shape index (κ2) is 3.46. The molecular formula is C10H11NO2S. The van der Waals surface area contributed by atoms with Crippen molar-refractivity contribution in [3.8, 4) is 0 Å². The summed E-state index contributed by atoms with van der Waals surface area (Å²) < 4.78 is 2.10. The number of fused-ring (bicyclic) bond motifs is 1. The highest BCUT2D eigenvalue weighted by atomic mass is 32.1. The molecule has 0 aliphatic carbocycles. The lowest BCUT2D eigenvalue weighted by Gasteiger charge is -1.91. The van der Waals surface area contributed by atoms with Crippen LogP contribution in [0.2, 0.25) is 0 Å². The number of carboxylic acids is 1. The third-order valence-corrected chi connectivity index (χ3v) is 3.21. The average molecular weight is 209 g/mol. The first kappa shape index (κ1) is 9.27. The number of rotatable bonds is 3. The molecule has 0 amide bonds. The number of carbonyl (C=O) groups is 1. The maximum Gasteiger partial charge on any atom is 0.303 e. The Morgan fingerprint density at radius 1 is 1.64 bits per heavy atom. The van der Waals surface area contributed by atoms with Gasteiger partial charge in [0.1, 0.15) is 0 Å². The van der Waals surface area contributed by atoms with Crippen molar-refractivity contribution >= 4 is 22.1 Å². The summed E-state index contributed by atoms with van der Waals surface area (Å²) >= 11 is 1.68. The molecule has 2 aromatic heterocycles. The average Bonchev–Trinajstić information content (AvgIpc) is 2.65. The number of aliphatic carboxylic acids is 1. The van der Waals surface area contributed by atoms with Crippen molar-refractivity contribution in [1.29, 1.82) is 0 Å². The van der Waals surface area contributed by atoms with Gasteiger partial charge in [-0.2, -0.15) is 0 Å². The van der Waals surface area contributed by atoms with Crippen LogP contribution in [0.1, 0.15) is 17.7 Å². The van der Waals surface area contributed by atoms with Gasteiger partial charge in [-0.1, -0.05) is 0 Å². The minimum Gasteiger partial charge on any atom is -0.481 e. The van der Waals surface area contributed by atoms with Crippen LogP contribution < -0.4 is 0 Å². The molecule has 0 spiro atoms. The highest BCUT2D eigenvalue weighted by Gasteiger charge is 2.05. The molecule has 0 fully saturated rings. The van der Waals surface area contributed by atoms with Crippen molar-refractivity contribution in [2.75, 3.05) is 0 Å². The molecule has 2 rings (SSSR count). The minimum atomic E-state index is -0.740. The minimum absolute atomic E-state index is 0.205. The molecular weight excluding hydrogens is 198 g/mol. The number of nitrogens with zero attached hydrogens (tertiary/aromatic N) is 1. The lowest BCUT2D eigenvalue weighted by molar-refractivity contribution is -0.136. The topological polar surface area (TPSA) is 41.7 Å². The van der Waals surface area contributed by atoms with Crippen molar-refractivity contribution in [3.05, 3.63) is 28.9 Å². The summed E-state index contributed by atoms with van der Waals surface area (Å²) in [4.78, 5) is 11.6. The van der Waals surface area contributed by atoms with Crippen LogP contribution >= 0.6 is 11.3 Å². The van der Waals surface area contributed by atoms with Gasteiger partial charge in [0.2, 0.25) is 0 Å². The first-order valence-electron chi connectivity index (χ1n) is 4.43. The van der Waals surface area contributed by atoms with E-state index in [9.17, 15) is 4.79 Å². The van der Waals surface area contributed by atoms with E-state index in [2.05, 4.69) is 15.8 Å². The summed E-state index contributed by atoms with van der Waals surface area (Å²) in [6, 6.07) is 2.06. The van der Waals surface area contributed by atoms with Gasteiger partial charge in [0, 0.05) is 23.7 Å². The van der Waals surface area contributed by atoms with Gasteiger partial charge in [0.25, 0.3) is 0 Å². The van der Waals surface area contributed by atoms with Crippen molar-refractivity contribution in [2.45, 2.75) is 19.8 Å². The van der Waals surface area contributed by atoms with E-state index in [1.807, 2.05) is 13.1 Å². The summed E-state index contributed by atoms with van der Waals surface area (Å²) in [5.41, 5.74) is 2.30. The Hall–Kier alpha value is -1.29. The van der Waals surface area contributed by atoms with E-state index in [4.69, 9.17) is 5.11 Å². The van der Waals surface area contributed by atoms with E-state index < -0.39 is 5.97 Å². The molecule has 0 aliphatic heterocycles. The second-order valence-electron chi connectivity index (χ2n) is 3.33. The molecule has 2 aromatic rings. The number of aryl methyl sites for hydroxylation is 2. The van der Waals surface area contributed by atoms with E-state index >= 15 is 0 Å². The van der Waals surface area contributed by atoms with E-state index in [0.29, 0.717) is 6.42 Å². The van der Waals surface area contributed by atoms with Gasteiger partial charge in [-0.25, -0.2) is 0 Å². The molecule has 0 bridgehead atoms. The Morgan fingerprint density at radius 2 is 2.43 bits per heavy atom. The Balaban J connectivity index is 2.23. The Labute approximate surface area is 85.6 Å². The third-order valence-electron chi connectivity index (χ3n) is 2.20. The van der Waals surface area contributed by atoms with Crippen LogP contribution in [0, 0.1) is 6.92 Å². The summed E-state index contributed by atoms with van der Waals surface area (Å²) in [6.07, 6.45) is 2.84. The van der Waals surface area contributed by atoms with E-state index in [1.54, 1.807) is 11.3 Å². The molecule has 4 heteroatoms. The van der Waals surface area contributed by atoms with E-state index in [1.165, 1.54) is 10.5 Å². The van der Waals surface area contributed by atoms with Crippen LogP contribution in [0.25, 0.3) is 4.83 Å². The van der Waals surface area contributed by atoms with Crippen molar-refractivity contribution in [1.82, 2.24) is 4.40 Å². The van der Waals surface area contributed by atoms with Gasteiger partial charge in [-0.05, 0) is 25.0 Å². The predicted octanol–water partition coefficient (Wildman–Crippen LogP) is 2.33. The number of hydrogen-bond donors (Lipinski definition) is 1. The largest absolute Gasteiger partial charge is 0.481 e. The van der Waals surface area contributed by atoms with Gasteiger partial charge >= 0.3 is 5.97 Å². The fourth-order valence-corrected chi connectivity index (χ4v) is 2.39. The zero-order valence-corrected chi connectivity index (χ0v) is 8.67. The first-order valence-corrected chi connectivity index (χ1v) is 5.31. The molecule has 0 atom stereocenters. The summed E-state index contributed by atoms with van der Waals surface area (Å²) in [7, 11) is 0. The van der Waals surface area contributed by atoms with Crippen LogP contribution in [0.4, 0.5) is 0 Å². The molecule has 0 unspecified atom stereocenters. The second-order valence-corrected chi connectivity index (χ2v) is 4.22. The van der Waals surface area contributed by atoms with Gasteiger partial charge in [-0.3, -0.25) is 4.79 Å². The number of carboxylic acid groups (broad SMARTS) is 1. The van der Waals surface area contributed by atoms with Crippen LogP contribution in [0.5, 0.6) is 0 Å². The molecule has 2 heterocycles. The number of aromatic nitrogens is 1. The van der Waals surface area contributed by atoms with Crippen LogP contribution in [-0.4, -0.2) is 15.5 Å². The highest BCUT2D eigenvalue weighted by Crippen LogP contribution is 2.20. The number of thiazole rings is 1. The smallest absolute Gasteiger partial charge is 0.303 e. The lowest BCUT2D eigenvalue weighted by Crippen LogP contribution is -1.96. The molecule has 0 saturated carbocycles. The Kier molecular flexibility index (Phi) is 2.29. The molecule has 0 saturated heterocycles. The molecule has 0 aromatic carbocycles. The van der Waals surface area contributed by atoms with Gasteiger partial charge < -0.3 is 9.51 Å². The third kappa shape index (κ3) is 1.65. The van der Waals surface area contributed by atoms with Gasteiger partial charge in [-0.15, -0.1) is 11.3 Å². The summed E-state index contributed by atoms with van der Waals surface area (Å²) in [6.45, 7) is 2.05. The maximum atomic E-state index is 10.4. The van der Waals surface area contributed by atoms with E-state index in [-0.39, 0.29) is 6.42 Å². The molecule has 0 aliphatic rings. The van der Waals surface area contributed by atoms with Crippen molar-refractivity contribution < 1.29 is 9.90 Å². The van der Waals surface area contributed by atoms with Crippen LogP contribution in [0.15, 0.2) is 17.6 Å². The maximum absolute atomic E-state index is 10.4. The lowest BCUT2D eigenvalue weighted by atomic mass is 10.2. The predicted molar refractivity (Wildman–Crippen MR) is 56.0 cm³/mol. The molecule has 74 valence electrons. The normalized spacial score (nSPS) is 10.9. The van der Waals surface area contributed by atoms with Crippen LogP contribution in [0.3, 0.4) is 0 Å².